The van der Waals surface area contributed by atoms with E-state index in [4.69, 9.17) is 10.5 Å². The van der Waals surface area contributed by atoms with Crippen molar-refractivity contribution in [2.45, 2.75) is 12.3 Å². The van der Waals surface area contributed by atoms with Crippen LogP contribution in [0.15, 0.2) is 24.3 Å². The molecule has 4 rings (SSSR count). The predicted octanol–water partition coefficient (Wildman–Crippen LogP) is 1.10. The number of benzene rings is 1. The van der Waals surface area contributed by atoms with Crippen LogP contribution in [0.5, 0.6) is 0 Å². The second kappa shape index (κ2) is 7.39. The van der Waals surface area contributed by atoms with Crippen LogP contribution >= 0.6 is 0 Å². The molecule has 1 aromatic carbocycles. The zero-order valence-corrected chi connectivity index (χ0v) is 14.9. The van der Waals surface area contributed by atoms with Gasteiger partial charge >= 0.3 is 0 Å². The Morgan fingerprint density at radius 3 is 2.79 bits per heavy atom. The molecular formula is C18H19FN6O3. The molecule has 0 saturated carbocycles. The van der Waals surface area contributed by atoms with Gasteiger partial charge in [0.05, 0.1) is 30.4 Å². The number of amides is 2. The van der Waals surface area contributed by atoms with Crippen molar-refractivity contribution in [1.82, 2.24) is 9.97 Å². The van der Waals surface area contributed by atoms with Gasteiger partial charge in [-0.3, -0.25) is 9.59 Å². The molecule has 2 aliphatic rings. The Labute approximate surface area is 160 Å². The van der Waals surface area contributed by atoms with E-state index in [1.807, 2.05) is 4.90 Å². The quantitative estimate of drug-likeness (QED) is 0.722. The number of aromatic nitrogens is 2. The molecule has 1 saturated heterocycles. The summed E-state index contributed by atoms with van der Waals surface area (Å²) in [7, 11) is 0. The van der Waals surface area contributed by atoms with E-state index in [0.717, 1.165) is 0 Å². The first-order valence-electron chi connectivity index (χ1n) is 8.88. The topological polar surface area (TPSA) is 122 Å². The third-order valence-electron chi connectivity index (χ3n) is 4.70. The minimum absolute atomic E-state index is 0.0319. The molecule has 0 radical (unpaired) electrons. The van der Waals surface area contributed by atoms with Crippen molar-refractivity contribution < 1.29 is 18.7 Å². The molecule has 146 valence electrons. The van der Waals surface area contributed by atoms with Crippen molar-refractivity contribution >= 4 is 35.1 Å². The summed E-state index contributed by atoms with van der Waals surface area (Å²) in [6.45, 7) is 2.29. The SMILES string of the molecule is Nc1nc(N2CCOCC2)nc2c1[C@@H](C(=O)Nc1ccccc1F)CC(=O)N2. The van der Waals surface area contributed by atoms with Crippen molar-refractivity contribution in [2.24, 2.45) is 0 Å². The van der Waals surface area contributed by atoms with Crippen molar-refractivity contribution in [3.8, 4) is 0 Å². The second-order valence-corrected chi connectivity index (χ2v) is 6.54. The largest absolute Gasteiger partial charge is 0.383 e. The van der Waals surface area contributed by atoms with Gasteiger partial charge in [0.1, 0.15) is 17.5 Å². The highest BCUT2D eigenvalue weighted by Crippen LogP contribution is 2.36. The summed E-state index contributed by atoms with van der Waals surface area (Å²) in [6.07, 6.45) is -0.127. The van der Waals surface area contributed by atoms with E-state index in [2.05, 4.69) is 20.6 Å². The number of hydrogen-bond acceptors (Lipinski definition) is 7. The molecule has 2 amide bonds. The Kier molecular flexibility index (Phi) is 4.78. The Morgan fingerprint density at radius 1 is 1.29 bits per heavy atom. The highest BCUT2D eigenvalue weighted by Gasteiger charge is 2.35. The smallest absolute Gasteiger partial charge is 0.232 e. The number of morpholine rings is 1. The van der Waals surface area contributed by atoms with Crippen LogP contribution in [-0.2, 0) is 14.3 Å². The summed E-state index contributed by atoms with van der Waals surface area (Å²) in [6, 6.07) is 5.81. The fraction of sp³-hybridized carbons (Fsp3) is 0.333. The summed E-state index contributed by atoms with van der Waals surface area (Å²) in [5.41, 5.74) is 6.50. The highest BCUT2D eigenvalue weighted by molar-refractivity contribution is 6.05. The number of carbonyl (C=O) groups is 2. The molecule has 1 atom stereocenters. The van der Waals surface area contributed by atoms with Crippen LogP contribution in [0.1, 0.15) is 17.9 Å². The Balaban J connectivity index is 1.65. The van der Waals surface area contributed by atoms with Crippen LogP contribution in [-0.4, -0.2) is 48.1 Å². The van der Waals surface area contributed by atoms with E-state index in [9.17, 15) is 14.0 Å². The number of halogens is 1. The number of rotatable bonds is 3. The Morgan fingerprint density at radius 2 is 2.04 bits per heavy atom. The molecule has 4 N–H and O–H groups in total. The monoisotopic (exact) mass is 386 g/mol. The Hall–Kier alpha value is -3.27. The minimum Gasteiger partial charge on any atom is -0.383 e. The molecule has 1 aromatic heterocycles. The van der Waals surface area contributed by atoms with Crippen LogP contribution in [0.4, 0.5) is 27.7 Å². The summed E-state index contributed by atoms with van der Waals surface area (Å²) < 4.78 is 19.2. The first kappa shape index (κ1) is 18.1. The van der Waals surface area contributed by atoms with Crippen LogP contribution < -0.4 is 21.3 Å². The number of nitrogens with one attached hydrogen (secondary N) is 2. The number of nitrogens with zero attached hydrogens (tertiary/aromatic N) is 3. The molecule has 28 heavy (non-hydrogen) atoms. The van der Waals surface area contributed by atoms with Crippen molar-refractivity contribution in [1.29, 1.82) is 0 Å². The lowest BCUT2D eigenvalue weighted by molar-refractivity contribution is -0.123. The number of para-hydroxylation sites is 1. The van der Waals surface area contributed by atoms with Crippen LogP contribution in [0.3, 0.4) is 0 Å². The van der Waals surface area contributed by atoms with Gasteiger partial charge in [-0.2, -0.15) is 9.97 Å². The molecule has 0 bridgehead atoms. The van der Waals surface area contributed by atoms with Gasteiger partial charge < -0.3 is 26.0 Å². The molecule has 2 aromatic rings. The molecule has 0 aliphatic carbocycles. The van der Waals surface area contributed by atoms with Crippen LogP contribution in [0, 0.1) is 5.82 Å². The maximum absolute atomic E-state index is 13.9. The lowest BCUT2D eigenvalue weighted by Gasteiger charge is -2.30. The predicted molar refractivity (Wildman–Crippen MR) is 100 cm³/mol. The summed E-state index contributed by atoms with van der Waals surface area (Å²) >= 11 is 0. The summed E-state index contributed by atoms with van der Waals surface area (Å²) in [5, 5.41) is 5.17. The number of hydrogen-bond donors (Lipinski definition) is 3. The fourth-order valence-corrected chi connectivity index (χ4v) is 3.29. The maximum Gasteiger partial charge on any atom is 0.232 e. The fourth-order valence-electron chi connectivity index (χ4n) is 3.29. The lowest BCUT2D eigenvalue weighted by atomic mass is 9.92. The molecule has 10 heteroatoms. The molecule has 0 spiro atoms. The molecule has 0 unspecified atom stereocenters. The van der Waals surface area contributed by atoms with E-state index >= 15 is 0 Å². The first-order chi connectivity index (χ1) is 13.5. The summed E-state index contributed by atoms with van der Waals surface area (Å²) in [4.78, 5) is 35.6. The Bertz CT molecular complexity index is 932. The van der Waals surface area contributed by atoms with Gasteiger partial charge in [-0.25, -0.2) is 4.39 Å². The van der Waals surface area contributed by atoms with E-state index in [1.54, 1.807) is 6.07 Å². The zero-order chi connectivity index (χ0) is 19.7. The molecule has 2 aliphatic heterocycles. The zero-order valence-electron chi connectivity index (χ0n) is 14.9. The van der Waals surface area contributed by atoms with Gasteiger partial charge in [-0.15, -0.1) is 0 Å². The van der Waals surface area contributed by atoms with Crippen molar-refractivity contribution in [2.75, 3.05) is 47.6 Å². The van der Waals surface area contributed by atoms with Crippen molar-refractivity contribution in [3.63, 3.8) is 0 Å². The minimum atomic E-state index is -0.915. The average Bonchev–Trinajstić information content (AvgIpc) is 2.69. The highest BCUT2D eigenvalue weighted by atomic mass is 19.1. The van der Waals surface area contributed by atoms with E-state index in [1.165, 1.54) is 18.2 Å². The van der Waals surface area contributed by atoms with E-state index in [-0.39, 0.29) is 29.7 Å². The van der Waals surface area contributed by atoms with Gasteiger partial charge in [0, 0.05) is 19.5 Å². The van der Waals surface area contributed by atoms with E-state index < -0.39 is 17.6 Å². The van der Waals surface area contributed by atoms with Gasteiger partial charge in [0.25, 0.3) is 0 Å². The lowest BCUT2D eigenvalue weighted by Crippen LogP contribution is -2.38. The third kappa shape index (κ3) is 3.46. The molecule has 3 heterocycles. The first-order valence-corrected chi connectivity index (χ1v) is 8.88. The van der Waals surface area contributed by atoms with Gasteiger partial charge in [0.2, 0.25) is 17.8 Å². The number of nitrogen functional groups attached to an aromatic ring is 1. The number of anilines is 4. The van der Waals surface area contributed by atoms with Gasteiger partial charge in [-0.05, 0) is 12.1 Å². The number of ether oxygens (including phenoxy) is 1. The number of nitrogens with two attached hydrogens (primary N) is 1. The second-order valence-electron chi connectivity index (χ2n) is 6.54. The third-order valence-corrected chi connectivity index (χ3v) is 4.70. The van der Waals surface area contributed by atoms with Crippen molar-refractivity contribution in [3.05, 3.63) is 35.6 Å². The van der Waals surface area contributed by atoms with Gasteiger partial charge in [-0.1, -0.05) is 12.1 Å². The molecule has 1 fully saturated rings. The van der Waals surface area contributed by atoms with Gasteiger partial charge in [0.15, 0.2) is 0 Å². The molecule has 9 nitrogen and oxygen atoms in total. The van der Waals surface area contributed by atoms with Crippen LogP contribution in [0.2, 0.25) is 0 Å². The number of fused-ring (bicyclic) bond motifs is 1. The maximum atomic E-state index is 13.9. The molecular weight excluding hydrogens is 367 g/mol. The average molecular weight is 386 g/mol. The summed E-state index contributed by atoms with van der Waals surface area (Å²) in [5.74, 6) is -1.71. The van der Waals surface area contributed by atoms with Crippen LogP contribution in [0.25, 0.3) is 0 Å². The van der Waals surface area contributed by atoms with E-state index in [0.29, 0.717) is 37.8 Å². The normalized spacial score (nSPS) is 19.0. The number of carbonyl (C=O) groups excluding carboxylic acids is 2. The standard InChI is InChI=1S/C18H19FN6O3/c19-11-3-1-2-4-12(11)21-17(27)10-9-13(26)22-16-14(10)15(20)23-18(24-16)25-5-7-28-8-6-25/h1-4,10H,5-9H2,(H,21,27)(H3,20,22,23,24,26)/t10-/m0/s1.